The van der Waals surface area contributed by atoms with E-state index in [-0.39, 0.29) is 23.5 Å². The molecule has 128 valence electrons. The van der Waals surface area contributed by atoms with Crippen LogP contribution in [0.2, 0.25) is 0 Å². The van der Waals surface area contributed by atoms with Crippen molar-refractivity contribution in [2.75, 3.05) is 12.8 Å². The van der Waals surface area contributed by atoms with Crippen LogP contribution in [-0.2, 0) is 22.0 Å². The summed E-state index contributed by atoms with van der Waals surface area (Å²) in [5.41, 5.74) is 1.21. The molecule has 2 heterocycles. The van der Waals surface area contributed by atoms with Gasteiger partial charge in [0.15, 0.2) is 15.6 Å². The molecule has 2 aromatic rings. The van der Waals surface area contributed by atoms with Gasteiger partial charge in [0, 0.05) is 18.8 Å². The average molecular weight is 347 g/mol. The van der Waals surface area contributed by atoms with Crippen molar-refractivity contribution in [3.8, 4) is 0 Å². The maximum absolute atomic E-state index is 12.7. The summed E-state index contributed by atoms with van der Waals surface area (Å²) in [4.78, 5) is 14.6. The van der Waals surface area contributed by atoms with E-state index in [1.807, 2.05) is 23.1 Å². The third-order valence-corrected chi connectivity index (χ3v) is 5.04. The van der Waals surface area contributed by atoms with Gasteiger partial charge in [-0.25, -0.2) is 8.42 Å². The Balaban J connectivity index is 1.71. The summed E-state index contributed by atoms with van der Waals surface area (Å²) in [6, 6.07) is 13.4. The number of likely N-dealkylation sites (tertiary alicyclic amines) is 1. The molecule has 1 aliphatic heterocycles. The predicted molar refractivity (Wildman–Crippen MR) is 91.5 cm³/mol. The Morgan fingerprint density at radius 3 is 2.67 bits per heavy atom. The van der Waals surface area contributed by atoms with Gasteiger partial charge in [0.25, 0.3) is 5.91 Å². The number of furan rings is 1. The lowest BCUT2D eigenvalue weighted by atomic mass is 10.0. The van der Waals surface area contributed by atoms with Crippen LogP contribution in [0.5, 0.6) is 0 Å². The summed E-state index contributed by atoms with van der Waals surface area (Å²) in [5, 5.41) is 0. The quantitative estimate of drug-likeness (QED) is 0.834. The molecule has 1 fully saturated rings. The Bertz CT molecular complexity index is 811. The minimum atomic E-state index is -3.18. The molecule has 1 aliphatic rings. The van der Waals surface area contributed by atoms with Crippen molar-refractivity contribution in [3.05, 3.63) is 59.5 Å². The number of carbonyl (C=O) groups is 1. The molecule has 1 aromatic heterocycles. The molecule has 1 saturated heterocycles. The van der Waals surface area contributed by atoms with Crippen LogP contribution >= 0.6 is 0 Å². The maximum Gasteiger partial charge on any atom is 0.289 e. The minimum absolute atomic E-state index is 0.156. The van der Waals surface area contributed by atoms with E-state index in [9.17, 15) is 13.2 Å². The standard InChI is InChI=1S/C18H21NO4S/c1-24(21,22)13-16-9-10-17(23-16)18(20)19-11-5-8-15(19)12-14-6-3-2-4-7-14/h2-4,6-7,9-10,15H,5,8,11-13H2,1H3. The van der Waals surface area contributed by atoms with Crippen molar-refractivity contribution in [1.29, 1.82) is 0 Å². The monoisotopic (exact) mass is 347 g/mol. The SMILES string of the molecule is CS(=O)(=O)Cc1ccc(C(=O)N2CCCC2Cc2ccccc2)o1. The largest absolute Gasteiger partial charge is 0.455 e. The summed E-state index contributed by atoms with van der Waals surface area (Å²) in [7, 11) is -3.18. The van der Waals surface area contributed by atoms with Crippen LogP contribution in [0.4, 0.5) is 0 Å². The highest BCUT2D eigenvalue weighted by molar-refractivity contribution is 7.89. The number of hydrogen-bond acceptors (Lipinski definition) is 4. The van der Waals surface area contributed by atoms with Gasteiger partial charge < -0.3 is 9.32 Å². The smallest absolute Gasteiger partial charge is 0.289 e. The number of carbonyl (C=O) groups excluding carboxylic acids is 1. The zero-order valence-corrected chi connectivity index (χ0v) is 14.5. The molecular formula is C18H21NO4S. The fourth-order valence-corrected chi connectivity index (χ4v) is 3.84. The number of nitrogens with zero attached hydrogens (tertiary/aromatic N) is 1. The molecule has 1 atom stereocenters. The molecule has 0 saturated carbocycles. The summed E-state index contributed by atoms with van der Waals surface area (Å²) >= 11 is 0. The van der Waals surface area contributed by atoms with Crippen molar-refractivity contribution in [2.45, 2.75) is 31.1 Å². The Kier molecular flexibility index (Phi) is 4.76. The van der Waals surface area contributed by atoms with E-state index in [1.165, 1.54) is 5.56 Å². The molecule has 24 heavy (non-hydrogen) atoms. The Hall–Kier alpha value is -2.08. The van der Waals surface area contributed by atoms with Crippen molar-refractivity contribution >= 4 is 15.7 Å². The van der Waals surface area contributed by atoms with Crippen LogP contribution in [0.15, 0.2) is 46.9 Å². The average Bonchev–Trinajstić information content (AvgIpc) is 3.15. The lowest BCUT2D eigenvalue weighted by molar-refractivity contribution is 0.0702. The Morgan fingerprint density at radius 1 is 1.21 bits per heavy atom. The molecule has 1 unspecified atom stereocenters. The van der Waals surface area contributed by atoms with E-state index in [1.54, 1.807) is 12.1 Å². The molecule has 0 N–H and O–H groups in total. The summed E-state index contributed by atoms with van der Waals surface area (Å²) in [6.45, 7) is 0.707. The van der Waals surface area contributed by atoms with Gasteiger partial charge in [-0.1, -0.05) is 30.3 Å². The van der Waals surface area contributed by atoms with Gasteiger partial charge in [-0.05, 0) is 37.0 Å². The van der Waals surface area contributed by atoms with Gasteiger partial charge in [-0.2, -0.15) is 0 Å². The summed E-state index contributed by atoms with van der Waals surface area (Å²) in [6.07, 6.45) is 3.91. The van der Waals surface area contributed by atoms with Gasteiger partial charge in [-0.15, -0.1) is 0 Å². The zero-order valence-electron chi connectivity index (χ0n) is 13.6. The van der Waals surface area contributed by atoms with E-state index in [0.29, 0.717) is 12.3 Å². The molecule has 0 bridgehead atoms. The highest BCUT2D eigenvalue weighted by atomic mass is 32.2. The van der Waals surface area contributed by atoms with E-state index < -0.39 is 9.84 Å². The van der Waals surface area contributed by atoms with Crippen LogP contribution in [-0.4, -0.2) is 38.1 Å². The fourth-order valence-electron chi connectivity index (χ4n) is 3.17. The molecule has 1 aromatic carbocycles. The maximum atomic E-state index is 12.7. The van der Waals surface area contributed by atoms with E-state index in [2.05, 4.69) is 12.1 Å². The van der Waals surface area contributed by atoms with Crippen molar-refractivity contribution in [1.82, 2.24) is 4.90 Å². The third-order valence-electron chi connectivity index (χ3n) is 4.23. The van der Waals surface area contributed by atoms with E-state index in [0.717, 1.165) is 25.5 Å². The number of hydrogen-bond donors (Lipinski definition) is 0. The molecule has 0 radical (unpaired) electrons. The second-order valence-electron chi connectivity index (χ2n) is 6.32. The van der Waals surface area contributed by atoms with Gasteiger partial charge in [0.2, 0.25) is 0 Å². The number of sulfone groups is 1. The first-order valence-electron chi connectivity index (χ1n) is 8.04. The first-order chi connectivity index (χ1) is 11.4. The van der Waals surface area contributed by atoms with Crippen LogP contribution in [0.3, 0.4) is 0 Å². The van der Waals surface area contributed by atoms with Crippen LogP contribution in [0.1, 0.15) is 34.7 Å². The second-order valence-corrected chi connectivity index (χ2v) is 8.46. The number of benzene rings is 1. The highest BCUT2D eigenvalue weighted by Crippen LogP contribution is 2.24. The molecule has 0 spiro atoms. The number of rotatable bonds is 5. The lowest BCUT2D eigenvalue weighted by Crippen LogP contribution is -2.36. The van der Waals surface area contributed by atoms with Gasteiger partial charge >= 0.3 is 0 Å². The molecule has 6 heteroatoms. The van der Waals surface area contributed by atoms with E-state index >= 15 is 0 Å². The van der Waals surface area contributed by atoms with Gasteiger partial charge in [0.1, 0.15) is 11.5 Å². The molecule has 0 aliphatic carbocycles. The minimum Gasteiger partial charge on any atom is -0.455 e. The Morgan fingerprint density at radius 2 is 1.96 bits per heavy atom. The molecular weight excluding hydrogens is 326 g/mol. The third kappa shape index (κ3) is 4.06. The topological polar surface area (TPSA) is 67.6 Å². The van der Waals surface area contributed by atoms with Crippen molar-refractivity contribution in [2.24, 2.45) is 0 Å². The lowest BCUT2D eigenvalue weighted by Gasteiger charge is -2.24. The van der Waals surface area contributed by atoms with Crippen LogP contribution in [0, 0.1) is 0 Å². The predicted octanol–water partition coefficient (Wildman–Crippen LogP) is 2.67. The second kappa shape index (κ2) is 6.81. The van der Waals surface area contributed by atoms with E-state index in [4.69, 9.17) is 4.42 Å². The zero-order chi connectivity index (χ0) is 17.2. The molecule has 3 rings (SSSR count). The summed E-state index contributed by atoms with van der Waals surface area (Å²) < 4.78 is 28.1. The highest BCUT2D eigenvalue weighted by Gasteiger charge is 2.31. The fraction of sp³-hybridized carbons (Fsp3) is 0.389. The molecule has 5 nitrogen and oxygen atoms in total. The normalized spacial score (nSPS) is 18.0. The number of amides is 1. The summed E-state index contributed by atoms with van der Waals surface area (Å²) in [5.74, 6) is 0.176. The Labute approximate surface area is 142 Å². The molecule has 1 amide bonds. The van der Waals surface area contributed by atoms with Gasteiger partial charge in [0.05, 0.1) is 0 Å². The first-order valence-corrected chi connectivity index (χ1v) is 10.1. The van der Waals surface area contributed by atoms with Crippen LogP contribution in [0.25, 0.3) is 0 Å². The first kappa shape index (κ1) is 16.8. The van der Waals surface area contributed by atoms with Crippen LogP contribution < -0.4 is 0 Å². The van der Waals surface area contributed by atoms with Gasteiger partial charge in [-0.3, -0.25) is 4.79 Å². The van der Waals surface area contributed by atoms with Crippen molar-refractivity contribution in [3.63, 3.8) is 0 Å². The van der Waals surface area contributed by atoms with Crippen molar-refractivity contribution < 1.29 is 17.6 Å².